The Morgan fingerprint density at radius 2 is 1.80 bits per heavy atom. The monoisotopic (exact) mass is 908 g/mol. The Balaban J connectivity index is 0.931. The lowest BCUT2D eigenvalue weighted by atomic mass is 9.72. The number of nitro groups is 1. The molecule has 2 fully saturated rings. The van der Waals surface area contributed by atoms with Gasteiger partial charge < -0.3 is 24.7 Å². The van der Waals surface area contributed by atoms with Crippen LogP contribution >= 0.6 is 11.6 Å². The van der Waals surface area contributed by atoms with Gasteiger partial charge in [-0.25, -0.2) is 18.1 Å². The molecule has 0 spiro atoms. The van der Waals surface area contributed by atoms with Gasteiger partial charge in [0.1, 0.15) is 22.8 Å². The molecule has 336 valence electrons. The summed E-state index contributed by atoms with van der Waals surface area (Å²) >= 11 is 6.25. The highest BCUT2D eigenvalue weighted by atomic mass is 35.5. The Morgan fingerprint density at radius 1 is 1.02 bits per heavy atom. The number of carbonyl (C=O) groups excluding carboxylic acids is 1. The van der Waals surface area contributed by atoms with Gasteiger partial charge in [-0.3, -0.25) is 24.7 Å². The van der Waals surface area contributed by atoms with Crippen molar-refractivity contribution in [1.29, 1.82) is 0 Å². The van der Waals surface area contributed by atoms with E-state index in [9.17, 15) is 23.3 Å². The molecule has 0 bridgehead atoms. The van der Waals surface area contributed by atoms with Gasteiger partial charge in [-0.15, -0.1) is 0 Å². The van der Waals surface area contributed by atoms with Crippen LogP contribution in [0.5, 0.6) is 11.5 Å². The molecule has 2 saturated heterocycles. The summed E-state index contributed by atoms with van der Waals surface area (Å²) in [5, 5.41) is 17.1. The lowest BCUT2D eigenvalue weighted by Gasteiger charge is -2.39. The molecule has 17 heteroatoms. The van der Waals surface area contributed by atoms with Crippen molar-refractivity contribution >= 4 is 61.2 Å². The lowest BCUT2D eigenvalue weighted by Crippen LogP contribution is -2.47. The molecule has 1 atom stereocenters. The molecule has 15 nitrogen and oxygen atoms in total. The number of fused-ring (bicyclic) bond motifs is 2. The Bertz CT molecular complexity index is 2710. The van der Waals surface area contributed by atoms with Gasteiger partial charge in [0.2, 0.25) is 0 Å². The fourth-order valence-electron chi connectivity index (χ4n) is 9.36. The molecule has 1 aliphatic carbocycles. The van der Waals surface area contributed by atoms with Crippen LogP contribution in [0.15, 0.2) is 89.6 Å². The Morgan fingerprint density at radius 3 is 2.56 bits per heavy atom. The maximum atomic E-state index is 14.1. The number of morpholine rings is 1. The summed E-state index contributed by atoms with van der Waals surface area (Å²) in [6, 6.07) is 19.3. The molecule has 5 aromatic rings. The van der Waals surface area contributed by atoms with E-state index in [4.69, 9.17) is 21.1 Å². The van der Waals surface area contributed by atoms with Gasteiger partial charge in [0.25, 0.3) is 21.6 Å². The molecule has 5 heterocycles. The summed E-state index contributed by atoms with van der Waals surface area (Å²) in [5.74, 6) is -0.442. The number of halogens is 1. The molecular formula is C47H53ClN8O7S. The number of anilines is 2. The third-order valence-corrected chi connectivity index (χ3v) is 14.5. The summed E-state index contributed by atoms with van der Waals surface area (Å²) in [4.78, 5) is 39.9. The Labute approximate surface area is 378 Å². The molecule has 0 saturated carbocycles. The van der Waals surface area contributed by atoms with Gasteiger partial charge in [0, 0.05) is 92.8 Å². The van der Waals surface area contributed by atoms with Gasteiger partial charge in [-0.05, 0) is 96.7 Å². The summed E-state index contributed by atoms with van der Waals surface area (Å²) in [7, 11) is -4.57. The highest BCUT2D eigenvalue weighted by Gasteiger charge is 2.34. The first-order valence-electron chi connectivity index (χ1n) is 21.9. The van der Waals surface area contributed by atoms with Crippen LogP contribution in [0.1, 0.15) is 61.0 Å². The SMILES string of the molecule is CC1(C)CCC(CN2CCN(c3ccc(C(=O)NS(=O)(=O)c4cc5c(c([N+](=O)[O-])c4)N[C@H](CCN4CCOCC4)C5)c(Oc4cnc5[nH]ccc5c4)c3)CC2)=C(c2ccc(Cl)cc2)C1. The number of sulfonamides is 1. The molecule has 3 aliphatic heterocycles. The Hall–Kier alpha value is -5.52. The molecule has 0 radical (unpaired) electrons. The van der Waals surface area contributed by atoms with E-state index in [2.05, 4.69) is 60.7 Å². The number of H-pyrrole nitrogens is 1. The molecular weight excluding hydrogens is 856 g/mol. The summed E-state index contributed by atoms with van der Waals surface area (Å²) in [6.07, 6.45) is 7.62. The zero-order valence-corrected chi connectivity index (χ0v) is 37.6. The van der Waals surface area contributed by atoms with Crippen molar-refractivity contribution in [3.63, 3.8) is 0 Å². The number of allylic oxidation sites excluding steroid dienone is 1. The van der Waals surface area contributed by atoms with Crippen LogP contribution in [0.2, 0.25) is 5.02 Å². The molecule has 3 N–H and O–H groups in total. The number of nitrogens with one attached hydrogen (secondary N) is 3. The van der Waals surface area contributed by atoms with Crippen LogP contribution in [0.4, 0.5) is 17.1 Å². The number of hydrogen-bond donors (Lipinski definition) is 3. The minimum atomic E-state index is -4.57. The standard InChI is InChI=1S/C47H53ClN8O7S/c1-47(2)12-9-33(41(28-47)31-3-5-35(48)6-4-31)30-54-15-17-55(18-16-54)37-7-8-40(43(26-37)63-38-24-32-10-13-49-45(32)50-29-38)46(57)52-64(60,61)39-25-34-23-36(11-14-53-19-21-62-22-20-53)51-44(34)42(27-39)56(58)59/h3-8,10,13,24-27,29,36,51H,9,11-12,14-23,28,30H2,1-2H3,(H,49,50)(H,52,57)/t36-/m1/s1. The number of aromatic amines is 1. The van der Waals surface area contributed by atoms with Gasteiger partial charge in [0.15, 0.2) is 0 Å². The molecule has 0 unspecified atom stereocenters. The second-order valence-corrected chi connectivity index (χ2v) is 20.1. The Kier molecular flexibility index (Phi) is 12.4. The zero-order chi connectivity index (χ0) is 44.6. The van der Waals surface area contributed by atoms with E-state index in [0.29, 0.717) is 48.7 Å². The van der Waals surface area contributed by atoms with Crippen LogP contribution in [0.3, 0.4) is 0 Å². The van der Waals surface area contributed by atoms with Crippen molar-refractivity contribution in [3.8, 4) is 11.5 Å². The lowest BCUT2D eigenvalue weighted by molar-refractivity contribution is -0.384. The highest BCUT2D eigenvalue weighted by molar-refractivity contribution is 7.90. The number of rotatable bonds is 13. The largest absolute Gasteiger partial charge is 0.455 e. The fraction of sp³-hybridized carbons (Fsp3) is 0.404. The molecule has 3 aromatic carbocycles. The van der Waals surface area contributed by atoms with E-state index in [0.717, 1.165) is 93.8 Å². The van der Waals surface area contributed by atoms with E-state index in [1.807, 2.05) is 18.2 Å². The third-order valence-electron chi connectivity index (χ3n) is 13.0. The smallest absolute Gasteiger partial charge is 0.293 e. The van der Waals surface area contributed by atoms with Crippen molar-refractivity contribution in [1.82, 2.24) is 24.5 Å². The molecule has 1 amide bonds. The van der Waals surface area contributed by atoms with Gasteiger partial charge >= 0.3 is 0 Å². The van der Waals surface area contributed by atoms with Gasteiger partial charge in [-0.1, -0.05) is 43.2 Å². The molecule has 64 heavy (non-hydrogen) atoms. The number of benzene rings is 3. The number of piperazine rings is 1. The molecule has 4 aliphatic rings. The predicted molar refractivity (Wildman–Crippen MR) is 248 cm³/mol. The van der Waals surface area contributed by atoms with Crippen molar-refractivity contribution in [2.24, 2.45) is 5.41 Å². The van der Waals surface area contributed by atoms with Crippen LogP contribution in [0.25, 0.3) is 16.6 Å². The number of aromatic nitrogens is 2. The second-order valence-electron chi connectivity index (χ2n) is 18.0. The van der Waals surface area contributed by atoms with Crippen molar-refractivity contribution in [2.75, 3.05) is 75.8 Å². The average molecular weight is 910 g/mol. The van der Waals surface area contributed by atoms with E-state index < -0.39 is 20.9 Å². The highest BCUT2D eigenvalue weighted by Crippen LogP contribution is 2.44. The quantitative estimate of drug-likeness (QED) is 0.0771. The topological polar surface area (TPSA) is 175 Å². The normalized spacial score (nSPS) is 19.4. The van der Waals surface area contributed by atoms with E-state index in [-0.39, 0.29) is 33.4 Å². The summed E-state index contributed by atoms with van der Waals surface area (Å²) in [6.45, 7) is 12.4. The van der Waals surface area contributed by atoms with Crippen molar-refractivity contribution in [3.05, 3.63) is 117 Å². The van der Waals surface area contributed by atoms with Crippen LogP contribution in [0, 0.1) is 15.5 Å². The maximum absolute atomic E-state index is 14.1. The van der Waals surface area contributed by atoms with Crippen LogP contribution < -0.4 is 19.7 Å². The number of pyridine rings is 1. The number of nitrogens with zero attached hydrogens (tertiary/aromatic N) is 5. The van der Waals surface area contributed by atoms with Gasteiger partial charge in [-0.2, -0.15) is 0 Å². The average Bonchev–Trinajstić information content (AvgIpc) is 3.93. The number of hydrogen-bond acceptors (Lipinski definition) is 12. The number of nitro benzene ring substituents is 1. The van der Waals surface area contributed by atoms with E-state index in [1.54, 1.807) is 30.5 Å². The summed E-state index contributed by atoms with van der Waals surface area (Å²) < 4.78 is 41.9. The maximum Gasteiger partial charge on any atom is 0.293 e. The minimum absolute atomic E-state index is 0.0254. The van der Waals surface area contributed by atoms with Crippen LogP contribution in [-0.4, -0.2) is 111 Å². The second kappa shape index (κ2) is 18.2. The zero-order valence-electron chi connectivity index (χ0n) is 36.1. The summed E-state index contributed by atoms with van der Waals surface area (Å²) in [5.41, 5.74) is 6.25. The first-order chi connectivity index (χ1) is 30.8. The van der Waals surface area contributed by atoms with E-state index >= 15 is 0 Å². The number of carbonyl (C=O) groups is 1. The fourth-order valence-corrected chi connectivity index (χ4v) is 10.5. The first-order valence-corrected chi connectivity index (χ1v) is 23.8. The van der Waals surface area contributed by atoms with Gasteiger partial charge in [0.05, 0.1) is 34.8 Å². The van der Waals surface area contributed by atoms with Crippen LogP contribution in [-0.2, 0) is 21.2 Å². The van der Waals surface area contributed by atoms with Crippen molar-refractivity contribution in [2.45, 2.75) is 56.9 Å². The van der Waals surface area contributed by atoms with Crippen molar-refractivity contribution < 1.29 is 27.6 Å². The third kappa shape index (κ3) is 9.76. The minimum Gasteiger partial charge on any atom is -0.455 e. The first kappa shape index (κ1) is 43.7. The number of amides is 1. The molecule has 9 rings (SSSR count). The molecule has 2 aromatic heterocycles. The van der Waals surface area contributed by atoms with E-state index in [1.165, 1.54) is 29.0 Å². The number of ether oxygens (including phenoxy) is 2. The predicted octanol–water partition coefficient (Wildman–Crippen LogP) is 7.88.